The van der Waals surface area contributed by atoms with Crippen molar-refractivity contribution in [2.24, 2.45) is 0 Å². The second-order valence-electron chi connectivity index (χ2n) is 11.4. The van der Waals surface area contributed by atoms with E-state index in [2.05, 4.69) is 50.8 Å². The molecule has 2 heterocycles. The van der Waals surface area contributed by atoms with E-state index in [1.165, 1.54) is 5.56 Å². The summed E-state index contributed by atoms with van der Waals surface area (Å²) in [7, 11) is 4.08. The van der Waals surface area contributed by atoms with Crippen LogP contribution >= 0.6 is 0 Å². The fourth-order valence-corrected chi connectivity index (χ4v) is 5.85. The van der Waals surface area contributed by atoms with Gasteiger partial charge in [0.25, 0.3) is 0 Å². The Morgan fingerprint density at radius 2 is 1.63 bits per heavy atom. The zero-order chi connectivity index (χ0) is 28.8. The molecule has 3 amide bonds. The van der Waals surface area contributed by atoms with Crippen molar-refractivity contribution in [2.75, 3.05) is 39.0 Å². The fourth-order valence-electron chi connectivity index (χ4n) is 5.85. The number of fused-ring (bicyclic) bond motifs is 1. The quantitative estimate of drug-likeness (QED) is 0.240. The topological polar surface area (TPSA) is 80.5 Å². The number of urea groups is 1. The third-order valence-corrected chi connectivity index (χ3v) is 8.33. The highest BCUT2D eigenvalue weighted by Gasteiger charge is 2.32. The Hall–Kier alpha value is -4.10. The molecule has 7 nitrogen and oxygen atoms in total. The molecule has 0 bridgehead atoms. The Balaban J connectivity index is 1.35. The minimum Gasteiger partial charge on any atom is -0.361 e. The average Bonchev–Trinajstić information content (AvgIpc) is 3.44. The molecular formula is C34H41N5O2. The normalized spacial score (nSPS) is 15.6. The number of anilines is 1. The van der Waals surface area contributed by atoms with Gasteiger partial charge in [-0.05, 0) is 68.1 Å². The van der Waals surface area contributed by atoms with Crippen molar-refractivity contribution in [3.63, 3.8) is 0 Å². The van der Waals surface area contributed by atoms with Gasteiger partial charge in [0, 0.05) is 48.3 Å². The number of hydrogen-bond donors (Lipinski definition) is 3. The maximum absolute atomic E-state index is 14.0. The molecule has 0 aliphatic carbocycles. The second kappa shape index (κ2) is 13.0. The molecular weight excluding hydrogens is 510 g/mol. The molecule has 0 unspecified atom stereocenters. The minimum absolute atomic E-state index is 0.191. The molecule has 0 saturated carbocycles. The summed E-state index contributed by atoms with van der Waals surface area (Å²) in [5, 5.41) is 7.36. The van der Waals surface area contributed by atoms with Crippen molar-refractivity contribution in [3.8, 4) is 0 Å². The molecule has 2 atom stereocenters. The first-order chi connectivity index (χ1) is 19.9. The number of aromatic nitrogens is 1. The van der Waals surface area contributed by atoms with Crippen LogP contribution in [0, 0.1) is 0 Å². The molecule has 1 fully saturated rings. The summed E-state index contributed by atoms with van der Waals surface area (Å²) in [5.74, 6) is -0.0262. The van der Waals surface area contributed by atoms with E-state index in [9.17, 15) is 9.59 Å². The molecule has 7 heteroatoms. The van der Waals surface area contributed by atoms with Gasteiger partial charge in [0.05, 0.1) is 0 Å². The van der Waals surface area contributed by atoms with E-state index in [4.69, 9.17) is 0 Å². The number of carbonyl (C=O) groups excluding carboxylic acids is 2. The van der Waals surface area contributed by atoms with Crippen LogP contribution in [0.3, 0.4) is 0 Å². The van der Waals surface area contributed by atoms with E-state index in [1.54, 1.807) is 0 Å². The van der Waals surface area contributed by atoms with Gasteiger partial charge in [-0.15, -0.1) is 0 Å². The van der Waals surface area contributed by atoms with E-state index in [0.717, 1.165) is 53.5 Å². The Labute approximate surface area is 242 Å². The number of benzene rings is 3. The molecule has 3 N–H and O–H groups in total. The molecule has 3 aromatic carbocycles. The Morgan fingerprint density at radius 3 is 2.39 bits per heavy atom. The summed E-state index contributed by atoms with van der Waals surface area (Å²) in [6.45, 7) is 4.21. The van der Waals surface area contributed by atoms with Crippen LogP contribution in [0.5, 0.6) is 0 Å². The first-order valence-corrected chi connectivity index (χ1v) is 14.6. The summed E-state index contributed by atoms with van der Waals surface area (Å²) < 4.78 is 0. The standard InChI is InChI=1S/C34H41N5O2/c1-24(29-23-35-31-16-10-8-14-28(29)31)32(33(40)36-30-15-9-7-13-27(30)17-20-38(2)3)37-34(41)39-21-18-26(19-22-39)25-11-5-4-6-12-25/h4-16,23-24,26,32,35H,17-22H2,1-3H3,(H,36,40)(H,37,41)/t24-,32+/m0/s1. The van der Waals surface area contributed by atoms with E-state index >= 15 is 0 Å². The number of hydrogen-bond acceptors (Lipinski definition) is 3. The van der Waals surface area contributed by atoms with Crippen molar-refractivity contribution >= 4 is 28.5 Å². The minimum atomic E-state index is -0.754. The highest BCUT2D eigenvalue weighted by Crippen LogP contribution is 2.30. The number of likely N-dealkylation sites (N-methyl/N-ethyl adjacent to an activating group) is 1. The molecule has 41 heavy (non-hydrogen) atoms. The Morgan fingerprint density at radius 1 is 0.951 bits per heavy atom. The van der Waals surface area contributed by atoms with Gasteiger partial charge in [-0.25, -0.2) is 4.79 Å². The predicted molar refractivity (Wildman–Crippen MR) is 166 cm³/mol. The van der Waals surface area contributed by atoms with Crippen LogP contribution in [0.1, 0.15) is 48.3 Å². The fraction of sp³-hybridized carbons (Fsp3) is 0.353. The maximum atomic E-state index is 14.0. The zero-order valence-electron chi connectivity index (χ0n) is 24.3. The lowest BCUT2D eigenvalue weighted by Gasteiger charge is -2.34. The maximum Gasteiger partial charge on any atom is 0.318 e. The molecule has 1 aliphatic rings. The van der Waals surface area contributed by atoms with Gasteiger partial charge in [-0.1, -0.05) is 73.7 Å². The summed E-state index contributed by atoms with van der Waals surface area (Å²) in [6, 6.07) is 25.5. The SMILES string of the molecule is C[C@@H](c1c[nH]c2ccccc12)[C@@H](NC(=O)N1CCC(c2ccccc2)CC1)C(=O)Nc1ccccc1CCN(C)C. The summed E-state index contributed by atoms with van der Waals surface area (Å²) in [5.41, 5.74) is 5.20. The first-order valence-electron chi connectivity index (χ1n) is 14.6. The van der Waals surface area contributed by atoms with Gasteiger partial charge in [0.2, 0.25) is 5.91 Å². The number of aromatic amines is 1. The molecule has 5 rings (SSSR count). The highest BCUT2D eigenvalue weighted by molar-refractivity contribution is 5.99. The van der Waals surface area contributed by atoms with Gasteiger partial charge in [0.1, 0.15) is 6.04 Å². The number of nitrogens with zero attached hydrogens (tertiary/aromatic N) is 2. The smallest absolute Gasteiger partial charge is 0.318 e. The van der Waals surface area contributed by atoms with Crippen molar-refractivity contribution in [3.05, 3.63) is 102 Å². The van der Waals surface area contributed by atoms with Crippen LogP contribution in [0.25, 0.3) is 10.9 Å². The molecule has 1 saturated heterocycles. The number of carbonyl (C=O) groups is 2. The largest absolute Gasteiger partial charge is 0.361 e. The molecule has 0 radical (unpaired) electrons. The number of piperidine rings is 1. The molecule has 1 aliphatic heterocycles. The van der Waals surface area contributed by atoms with Crippen LogP contribution in [-0.4, -0.2) is 66.5 Å². The number of amides is 3. The third-order valence-electron chi connectivity index (χ3n) is 8.33. The zero-order valence-corrected chi connectivity index (χ0v) is 24.3. The monoisotopic (exact) mass is 551 g/mol. The van der Waals surface area contributed by atoms with Crippen LogP contribution in [0.4, 0.5) is 10.5 Å². The van der Waals surface area contributed by atoms with E-state index in [0.29, 0.717) is 19.0 Å². The first kappa shape index (κ1) is 28.4. The lowest BCUT2D eigenvalue weighted by atomic mass is 9.89. The summed E-state index contributed by atoms with van der Waals surface area (Å²) >= 11 is 0. The van der Waals surface area contributed by atoms with Crippen molar-refractivity contribution in [2.45, 2.75) is 44.1 Å². The van der Waals surface area contributed by atoms with E-state index < -0.39 is 6.04 Å². The lowest BCUT2D eigenvalue weighted by Crippen LogP contribution is -2.53. The number of para-hydroxylation sites is 2. The van der Waals surface area contributed by atoms with Gasteiger partial charge in [-0.2, -0.15) is 0 Å². The van der Waals surface area contributed by atoms with Crippen LogP contribution < -0.4 is 10.6 Å². The molecule has 4 aromatic rings. The van der Waals surface area contributed by atoms with Crippen molar-refractivity contribution < 1.29 is 9.59 Å². The van der Waals surface area contributed by atoms with E-state index in [1.807, 2.05) is 80.6 Å². The number of likely N-dealkylation sites (tertiary alicyclic amines) is 1. The Bertz CT molecular complexity index is 1460. The number of nitrogens with one attached hydrogen (secondary N) is 3. The number of rotatable bonds is 9. The molecule has 1 aromatic heterocycles. The van der Waals surface area contributed by atoms with Crippen LogP contribution in [0.15, 0.2) is 85.1 Å². The lowest BCUT2D eigenvalue weighted by molar-refractivity contribution is -0.118. The van der Waals surface area contributed by atoms with Crippen molar-refractivity contribution in [1.29, 1.82) is 0 Å². The van der Waals surface area contributed by atoms with Gasteiger partial charge < -0.3 is 25.4 Å². The van der Waals surface area contributed by atoms with Crippen molar-refractivity contribution in [1.82, 2.24) is 20.1 Å². The predicted octanol–water partition coefficient (Wildman–Crippen LogP) is 5.97. The number of H-pyrrole nitrogens is 1. The Kier molecular flexibility index (Phi) is 9.04. The van der Waals surface area contributed by atoms with Gasteiger partial charge in [-0.3, -0.25) is 4.79 Å². The van der Waals surface area contributed by atoms with Gasteiger partial charge in [0.15, 0.2) is 0 Å². The summed E-state index contributed by atoms with van der Waals surface area (Å²) in [6.07, 6.45) is 4.59. The highest BCUT2D eigenvalue weighted by atomic mass is 16.2. The van der Waals surface area contributed by atoms with Gasteiger partial charge >= 0.3 is 6.03 Å². The van der Waals surface area contributed by atoms with Crippen LogP contribution in [0.2, 0.25) is 0 Å². The average molecular weight is 552 g/mol. The second-order valence-corrected chi connectivity index (χ2v) is 11.4. The molecule has 214 valence electrons. The molecule has 0 spiro atoms. The van der Waals surface area contributed by atoms with E-state index in [-0.39, 0.29) is 17.9 Å². The third kappa shape index (κ3) is 6.80. The summed E-state index contributed by atoms with van der Waals surface area (Å²) in [4.78, 5) is 34.9. The van der Waals surface area contributed by atoms with Crippen LogP contribution in [-0.2, 0) is 11.2 Å².